The topological polar surface area (TPSA) is 48.8 Å². The molecule has 0 amide bonds. The standard InChI is InChI=1S/C7H16N4/c1-2-3-4-5-8-7-9-6-10-11-7/h7-9H,2-6H2,1H3. The molecule has 0 bridgehead atoms. The van der Waals surface area contributed by atoms with Gasteiger partial charge >= 0.3 is 0 Å². The van der Waals surface area contributed by atoms with E-state index < -0.39 is 0 Å². The van der Waals surface area contributed by atoms with Gasteiger partial charge in [-0.1, -0.05) is 19.8 Å². The SMILES string of the molecule is CCCCCNC1N=NCN1. The maximum absolute atomic E-state index is 3.94. The van der Waals surface area contributed by atoms with Crippen LogP contribution in [0, 0.1) is 0 Å². The van der Waals surface area contributed by atoms with Crippen LogP contribution < -0.4 is 10.6 Å². The summed E-state index contributed by atoms with van der Waals surface area (Å²) >= 11 is 0. The fourth-order valence-electron chi connectivity index (χ4n) is 1.02. The molecule has 0 spiro atoms. The van der Waals surface area contributed by atoms with Gasteiger partial charge in [-0.3, -0.25) is 10.6 Å². The van der Waals surface area contributed by atoms with Gasteiger partial charge in [0.2, 0.25) is 0 Å². The molecule has 64 valence electrons. The van der Waals surface area contributed by atoms with Gasteiger partial charge < -0.3 is 0 Å². The van der Waals surface area contributed by atoms with Crippen molar-refractivity contribution in [3.63, 3.8) is 0 Å². The molecule has 1 aliphatic rings. The van der Waals surface area contributed by atoms with E-state index in [1.807, 2.05) is 0 Å². The highest BCUT2D eigenvalue weighted by Gasteiger charge is 2.07. The minimum absolute atomic E-state index is 0.0758. The molecule has 0 radical (unpaired) electrons. The van der Waals surface area contributed by atoms with Gasteiger partial charge in [0.05, 0.1) is 0 Å². The Morgan fingerprint density at radius 2 is 2.45 bits per heavy atom. The van der Waals surface area contributed by atoms with E-state index in [2.05, 4.69) is 27.8 Å². The molecular formula is C7H16N4. The van der Waals surface area contributed by atoms with Gasteiger partial charge in [0.15, 0.2) is 6.29 Å². The minimum atomic E-state index is 0.0758. The highest BCUT2D eigenvalue weighted by Crippen LogP contribution is 1.94. The van der Waals surface area contributed by atoms with Gasteiger partial charge in [-0.05, 0) is 13.0 Å². The first kappa shape index (κ1) is 8.62. The highest BCUT2D eigenvalue weighted by molar-refractivity contribution is 4.63. The zero-order chi connectivity index (χ0) is 7.94. The molecule has 1 rings (SSSR count). The van der Waals surface area contributed by atoms with Crippen LogP contribution in [0.4, 0.5) is 0 Å². The van der Waals surface area contributed by atoms with Crippen LogP contribution in [0.1, 0.15) is 26.2 Å². The molecule has 1 atom stereocenters. The van der Waals surface area contributed by atoms with Crippen LogP contribution in [0.25, 0.3) is 0 Å². The first-order chi connectivity index (χ1) is 5.43. The van der Waals surface area contributed by atoms with Crippen molar-refractivity contribution in [2.75, 3.05) is 13.2 Å². The Morgan fingerprint density at radius 3 is 3.09 bits per heavy atom. The van der Waals surface area contributed by atoms with Crippen molar-refractivity contribution in [2.45, 2.75) is 32.5 Å². The van der Waals surface area contributed by atoms with E-state index in [0.717, 1.165) is 6.54 Å². The van der Waals surface area contributed by atoms with Crippen molar-refractivity contribution in [3.05, 3.63) is 0 Å². The van der Waals surface area contributed by atoms with Gasteiger partial charge in [0, 0.05) is 0 Å². The third-order valence-corrected chi connectivity index (χ3v) is 1.67. The van der Waals surface area contributed by atoms with E-state index in [0.29, 0.717) is 6.67 Å². The maximum atomic E-state index is 3.94. The summed E-state index contributed by atoms with van der Waals surface area (Å²) in [5, 5.41) is 14.1. The summed E-state index contributed by atoms with van der Waals surface area (Å²) in [4.78, 5) is 0. The van der Waals surface area contributed by atoms with E-state index in [1.54, 1.807) is 0 Å². The lowest BCUT2D eigenvalue weighted by Gasteiger charge is -2.07. The van der Waals surface area contributed by atoms with Crippen LogP contribution in [0.5, 0.6) is 0 Å². The summed E-state index contributed by atoms with van der Waals surface area (Å²) in [7, 11) is 0. The third-order valence-electron chi connectivity index (χ3n) is 1.67. The normalized spacial score (nSPS) is 22.8. The zero-order valence-electron chi connectivity index (χ0n) is 7.01. The second-order valence-corrected chi connectivity index (χ2v) is 2.68. The molecule has 4 nitrogen and oxygen atoms in total. The van der Waals surface area contributed by atoms with Crippen LogP contribution in [-0.2, 0) is 0 Å². The Balaban J connectivity index is 1.90. The lowest BCUT2D eigenvalue weighted by molar-refractivity contribution is 0.472. The molecule has 11 heavy (non-hydrogen) atoms. The Morgan fingerprint density at radius 1 is 1.55 bits per heavy atom. The Kier molecular flexibility index (Phi) is 4.08. The largest absolute Gasteiger partial charge is 0.282 e. The van der Waals surface area contributed by atoms with Crippen molar-refractivity contribution in [2.24, 2.45) is 10.2 Å². The highest BCUT2D eigenvalue weighted by atomic mass is 15.4. The summed E-state index contributed by atoms with van der Waals surface area (Å²) in [6, 6.07) is 0. The van der Waals surface area contributed by atoms with E-state index in [1.165, 1.54) is 19.3 Å². The first-order valence-electron chi connectivity index (χ1n) is 4.27. The molecule has 1 heterocycles. The summed E-state index contributed by atoms with van der Waals surface area (Å²) in [5.74, 6) is 0. The van der Waals surface area contributed by atoms with Crippen LogP contribution in [0.15, 0.2) is 10.2 Å². The fourth-order valence-corrected chi connectivity index (χ4v) is 1.02. The molecule has 0 fully saturated rings. The number of hydrogen-bond donors (Lipinski definition) is 2. The van der Waals surface area contributed by atoms with Gasteiger partial charge in [-0.15, -0.1) is 0 Å². The number of hydrogen-bond acceptors (Lipinski definition) is 4. The molecule has 0 saturated heterocycles. The second-order valence-electron chi connectivity index (χ2n) is 2.68. The number of nitrogens with one attached hydrogen (secondary N) is 2. The Labute approximate surface area is 67.5 Å². The zero-order valence-corrected chi connectivity index (χ0v) is 7.01. The fraction of sp³-hybridized carbons (Fsp3) is 1.00. The van der Waals surface area contributed by atoms with Crippen molar-refractivity contribution >= 4 is 0 Å². The molecule has 4 heteroatoms. The van der Waals surface area contributed by atoms with Crippen LogP contribution >= 0.6 is 0 Å². The van der Waals surface area contributed by atoms with Crippen LogP contribution in [-0.4, -0.2) is 19.5 Å². The van der Waals surface area contributed by atoms with Crippen LogP contribution in [0.3, 0.4) is 0 Å². The van der Waals surface area contributed by atoms with E-state index in [-0.39, 0.29) is 6.29 Å². The molecule has 0 saturated carbocycles. The summed E-state index contributed by atoms with van der Waals surface area (Å²) in [6.45, 7) is 3.89. The van der Waals surface area contributed by atoms with Gasteiger partial charge in [-0.25, -0.2) is 0 Å². The predicted molar refractivity (Wildman–Crippen MR) is 44.2 cm³/mol. The predicted octanol–water partition coefficient (Wildman–Crippen LogP) is 1.06. The monoisotopic (exact) mass is 156 g/mol. The Hall–Kier alpha value is -0.480. The molecule has 0 aliphatic carbocycles. The molecule has 0 aromatic heterocycles. The average molecular weight is 156 g/mol. The van der Waals surface area contributed by atoms with E-state index in [4.69, 9.17) is 0 Å². The molecule has 0 aromatic rings. The van der Waals surface area contributed by atoms with Crippen molar-refractivity contribution < 1.29 is 0 Å². The summed E-state index contributed by atoms with van der Waals surface area (Å²) in [6.07, 6.45) is 3.86. The van der Waals surface area contributed by atoms with E-state index >= 15 is 0 Å². The molecule has 2 N–H and O–H groups in total. The quantitative estimate of drug-likeness (QED) is 0.585. The van der Waals surface area contributed by atoms with Crippen molar-refractivity contribution in [3.8, 4) is 0 Å². The molecule has 0 aromatic carbocycles. The molecular weight excluding hydrogens is 140 g/mol. The number of nitrogens with zero attached hydrogens (tertiary/aromatic N) is 2. The number of rotatable bonds is 5. The minimum Gasteiger partial charge on any atom is -0.282 e. The maximum Gasteiger partial charge on any atom is 0.175 e. The van der Waals surface area contributed by atoms with Crippen molar-refractivity contribution in [1.29, 1.82) is 0 Å². The third kappa shape index (κ3) is 3.43. The summed E-state index contributed by atoms with van der Waals surface area (Å²) < 4.78 is 0. The molecule has 1 aliphatic heterocycles. The number of azo groups is 1. The Bertz CT molecular complexity index is 124. The second kappa shape index (κ2) is 5.21. The number of unbranched alkanes of at least 4 members (excludes halogenated alkanes) is 2. The van der Waals surface area contributed by atoms with Crippen molar-refractivity contribution in [1.82, 2.24) is 10.6 Å². The van der Waals surface area contributed by atoms with E-state index in [9.17, 15) is 0 Å². The van der Waals surface area contributed by atoms with Crippen LogP contribution in [0.2, 0.25) is 0 Å². The van der Waals surface area contributed by atoms with Gasteiger partial charge in [0.25, 0.3) is 0 Å². The lowest BCUT2D eigenvalue weighted by atomic mass is 10.2. The van der Waals surface area contributed by atoms with Gasteiger partial charge in [-0.2, -0.15) is 10.2 Å². The molecule has 1 unspecified atom stereocenters. The average Bonchev–Trinajstić information content (AvgIpc) is 2.50. The van der Waals surface area contributed by atoms with Gasteiger partial charge in [0.1, 0.15) is 6.67 Å². The summed E-state index contributed by atoms with van der Waals surface area (Å²) in [5.41, 5.74) is 0. The first-order valence-corrected chi connectivity index (χ1v) is 4.27. The smallest absolute Gasteiger partial charge is 0.175 e. The lowest BCUT2D eigenvalue weighted by Crippen LogP contribution is -2.37.